The van der Waals surface area contributed by atoms with Crippen molar-refractivity contribution in [3.63, 3.8) is 0 Å². The van der Waals surface area contributed by atoms with Crippen LogP contribution in [0.5, 0.6) is 5.75 Å². The van der Waals surface area contributed by atoms with Crippen molar-refractivity contribution in [2.45, 2.75) is 53.9 Å². The molecule has 1 aliphatic carbocycles. The number of anilines is 1. The van der Waals surface area contributed by atoms with Gasteiger partial charge in [0.15, 0.2) is 0 Å². The number of nitrogens with zero attached hydrogens (tertiary/aromatic N) is 3. The fourth-order valence-corrected chi connectivity index (χ4v) is 5.29. The number of phenolic OH excluding ortho intramolecular Hbond substituents is 1. The van der Waals surface area contributed by atoms with Crippen molar-refractivity contribution in [2.24, 2.45) is 16.3 Å². The number of aliphatic imine (C=N–C) groups is 1. The summed E-state index contributed by atoms with van der Waals surface area (Å²) in [4.78, 5) is 8.11. The third-order valence-corrected chi connectivity index (χ3v) is 7.21. The molecule has 1 aromatic heterocycles. The Kier molecular flexibility index (Phi) is 6.33. The van der Waals surface area contributed by atoms with Crippen molar-refractivity contribution in [1.29, 1.82) is 5.26 Å². The topological polar surface area (TPSA) is 59.6 Å². The summed E-state index contributed by atoms with van der Waals surface area (Å²) in [6.45, 7) is 12.9. The highest BCUT2D eigenvalue weighted by molar-refractivity contribution is 7.16. The van der Waals surface area contributed by atoms with Gasteiger partial charge in [0, 0.05) is 41.5 Å². The normalized spacial score (nSPS) is 16.6. The zero-order valence-corrected chi connectivity index (χ0v) is 18.9. The number of aromatic hydroxyl groups is 1. The summed E-state index contributed by atoms with van der Waals surface area (Å²) < 4.78 is 0. The zero-order chi connectivity index (χ0) is 21.2. The molecule has 4 nitrogen and oxygen atoms in total. The molecule has 0 radical (unpaired) electrons. The molecule has 154 valence electrons. The standard InChI is InChI=1S/C24H31N3OS/c1-6-27(7-2)18-10-8-16(21(28)13-18)15-26-23-20(14-25)19-11-9-17(24(3,4)5)12-22(19)29-23/h8,10,13,15,17,28H,6-7,9,11-12H2,1-5H3/b26-15+/t17-/m1/s1. The summed E-state index contributed by atoms with van der Waals surface area (Å²) in [5.41, 5.74) is 3.85. The molecule has 29 heavy (non-hydrogen) atoms. The molecule has 0 spiro atoms. The second-order valence-corrected chi connectivity index (χ2v) is 9.86. The van der Waals surface area contributed by atoms with Crippen molar-refractivity contribution >= 4 is 28.2 Å². The van der Waals surface area contributed by atoms with Gasteiger partial charge in [-0.1, -0.05) is 20.8 Å². The minimum Gasteiger partial charge on any atom is -0.507 e. The highest BCUT2D eigenvalue weighted by Gasteiger charge is 2.32. The lowest BCUT2D eigenvalue weighted by molar-refractivity contribution is 0.218. The van der Waals surface area contributed by atoms with Gasteiger partial charge in [0.2, 0.25) is 0 Å². The van der Waals surface area contributed by atoms with Crippen LogP contribution in [0.2, 0.25) is 0 Å². The number of phenols is 1. The first-order valence-electron chi connectivity index (χ1n) is 10.4. The molecule has 1 aromatic carbocycles. The van der Waals surface area contributed by atoms with Crippen LogP contribution in [0.25, 0.3) is 0 Å². The van der Waals surface area contributed by atoms with E-state index in [4.69, 9.17) is 0 Å². The van der Waals surface area contributed by atoms with Crippen LogP contribution in [0, 0.1) is 22.7 Å². The molecule has 5 heteroatoms. The smallest absolute Gasteiger partial charge is 0.134 e. The van der Waals surface area contributed by atoms with E-state index in [1.807, 2.05) is 12.1 Å². The summed E-state index contributed by atoms with van der Waals surface area (Å²) in [5.74, 6) is 0.847. The van der Waals surface area contributed by atoms with E-state index in [2.05, 4.69) is 50.6 Å². The lowest BCUT2D eigenvalue weighted by atomic mass is 9.72. The number of fused-ring (bicyclic) bond motifs is 1. The van der Waals surface area contributed by atoms with Crippen molar-refractivity contribution < 1.29 is 5.11 Å². The Morgan fingerprint density at radius 2 is 2.03 bits per heavy atom. The van der Waals surface area contributed by atoms with Crippen molar-refractivity contribution in [2.75, 3.05) is 18.0 Å². The van der Waals surface area contributed by atoms with Gasteiger partial charge in [-0.05, 0) is 62.1 Å². The molecular formula is C24H31N3OS. The molecule has 0 unspecified atom stereocenters. The number of hydrogen-bond donors (Lipinski definition) is 1. The third kappa shape index (κ3) is 4.48. The highest BCUT2D eigenvalue weighted by Crippen LogP contribution is 2.45. The van der Waals surface area contributed by atoms with Crippen LogP contribution in [0.3, 0.4) is 0 Å². The number of nitriles is 1. The fraction of sp³-hybridized carbons (Fsp3) is 0.500. The van der Waals surface area contributed by atoms with Crippen LogP contribution in [0.4, 0.5) is 10.7 Å². The van der Waals surface area contributed by atoms with E-state index in [1.165, 1.54) is 10.4 Å². The van der Waals surface area contributed by atoms with Gasteiger partial charge in [0.1, 0.15) is 16.8 Å². The number of rotatable bonds is 5. The van der Waals surface area contributed by atoms with Gasteiger partial charge < -0.3 is 10.0 Å². The van der Waals surface area contributed by atoms with Crippen LogP contribution in [-0.2, 0) is 12.8 Å². The molecule has 1 aliphatic rings. The van der Waals surface area contributed by atoms with Crippen LogP contribution < -0.4 is 4.90 Å². The molecule has 1 heterocycles. The Bertz CT molecular complexity index is 942. The summed E-state index contributed by atoms with van der Waals surface area (Å²) in [7, 11) is 0. The molecule has 2 aromatic rings. The van der Waals surface area contributed by atoms with Crippen molar-refractivity contribution in [3.8, 4) is 11.8 Å². The van der Waals surface area contributed by atoms with E-state index >= 15 is 0 Å². The lowest BCUT2D eigenvalue weighted by Gasteiger charge is -2.33. The average Bonchev–Trinajstić information content (AvgIpc) is 3.04. The lowest BCUT2D eigenvalue weighted by Crippen LogP contribution is -2.26. The first kappa shape index (κ1) is 21.4. The van der Waals surface area contributed by atoms with Crippen LogP contribution in [0.1, 0.15) is 62.6 Å². The molecule has 1 atom stereocenters. The molecule has 1 N–H and O–H groups in total. The first-order valence-corrected chi connectivity index (χ1v) is 11.3. The third-order valence-electron chi connectivity index (χ3n) is 6.05. The van der Waals surface area contributed by atoms with Gasteiger partial charge in [0.05, 0.1) is 5.56 Å². The van der Waals surface area contributed by atoms with E-state index in [0.717, 1.165) is 43.0 Å². The predicted octanol–water partition coefficient (Wildman–Crippen LogP) is 6.07. The molecule has 0 aliphatic heterocycles. The Balaban J connectivity index is 1.87. The van der Waals surface area contributed by atoms with Crippen molar-refractivity contribution in [1.82, 2.24) is 0 Å². The van der Waals surface area contributed by atoms with Gasteiger partial charge in [-0.15, -0.1) is 11.3 Å². The maximum Gasteiger partial charge on any atom is 0.134 e. The Morgan fingerprint density at radius 3 is 2.62 bits per heavy atom. The van der Waals surface area contributed by atoms with Gasteiger partial charge >= 0.3 is 0 Å². The molecular weight excluding hydrogens is 378 g/mol. The maximum atomic E-state index is 10.4. The minimum atomic E-state index is 0.214. The van der Waals surface area contributed by atoms with Crippen LogP contribution in [-0.4, -0.2) is 24.4 Å². The van der Waals surface area contributed by atoms with E-state index in [9.17, 15) is 10.4 Å². The SMILES string of the molecule is CCN(CC)c1ccc(/C=N/c2sc3c(c2C#N)CC[C@@H](C(C)(C)C)C3)c(O)c1. The van der Waals surface area contributed by atoms with E-state index < -0.39 is 0 Å². The minimum absolute atomic E-state index is 0.214. The first-order chi connectivity index (χ1) is 13.8. The van der Waals surface area contributed by atoms with E-state index in [0.29, 0.717) is 17.0 Å². The summed E-state index contributed by atoms with van der Waals surface area (Å²) in [5, 5.41) is 20.9. The average molecular weight is 410 g/mol. The second-order valence-electron chi connectivity index (χ2n) is 8.78. The van der Waals surface area contributed by atoms with Crippen LogP contribution in [0.15, 0.2) is 23.2 Å². The molecule has 0 bridgehead atoms. The number of hydrogen-bond acceptors (Lipinski definition) is 5. The van der Waals surface area contributed by atoms with E-state index in [-0.39, 0.29) is 11.2 Å². The van der Waals surface area contributed by atoms with E-state index in [1.54, 1.807) is 23.6 Å². The van der Waals surface area contributed by atoms with Gasteiger partial charge in [0.25, 0.3) is 0 Å². The molecule has 0 saturated heterocycles. The molecule has 0 saturated carbocycles. The Morgan fingerprint density at radius 1 is 1.31 bits per heavy atom. The largest absolute Gasteiger partial charge is 0.507 e. The monoisotopic (exact) mass is 409 g/mol. The van der Waals surface area contributed by atoms with Crippen molar-refractivity contribution in [3.05, 3.63) is 39.8 Å². The predicted molar refractivity (Wildman–Crippen MR) is 123 cm³/mol. The van der Waals surface area contributed by atoms with Gasteiger partial charge in [-0.25, -0.2) is 4.99 Å². The molecule has 0 amide bonds. The Labute approximate surface area is 178 Å². The summed E-state index contributed by atoms with van der Waals surface area (Å²) >= 11 is 1.64. The van der Waals surface area contributed by atoms with Gasteiger partial charge in [-0.2, -0.15) is 5.26 Å². The summed E-state index contributed by atoms with van der Waals surface area (Å²) in [6, 6.07) is 8.06. The van der Waals surface area contributed by atoms with Gasteiger partial charge in [-0.3, -0.25) is 0 Å². The van der Waals surface area contributed by atoms with Crippen LogP contribution >= 0.6 is 11.3 Å². The summed E-state index contributed by atoms with van der Waals surface area (Å²) in [6.07, 6.45) is 4.78. The molecule has 0 fully saturated rings. The Hall–Kier alpha value is -2.32. The fourth-order valence-electron chi connectivity index (χ4n) is 4.07. The second kappa shape index (κ2) is 8.59. The molecule has 3 rings (SSSR count). The maximum absolute atomic E-state index is 10.4. The number of thiophene rings is 1. The zero-order valence-electron chi connectivity index (χ0n) is 18.1. The number of benzene rings is 1. The quantitative estimate of drug-likeness (QED) is 0.609. The highest BCUT2D eigenvalue weighted by atomic mass is 32.1.